The largest absolute Gasteiger partial charge is 0.351 e. The number of amides is 1. The molecule has 0 radical (unpaired) electrons. The first-order valence-electron chi connectivity index (χ1n) is 8.47. The molecule has 1 amide bonds. The second-order valence-electron chi connectivity index (χ2n) is 7.48. The fourth-order valence-corrected chi connectivity index (χ4v) is 3.96. The number of Topliss-reactive ketones (excluding diaryl/α,β-unsaturated/α-hetero) is 1. The van der Waals surface area contributed by atoms with Gasteiger partial charge >= 0.3 is 0 Å². The van der Waals surface area contributed by atoms with Crippen LogP contribution in [0.3, 0.4) is 0 Å². The van der Waals surface area contributed by atoms with E-state index in [0.717, 1.165) is 6.42 Å². The van der Waals surface area contributed by atoms with Gasteiger partial charge < -0.3 is 20.5 Å². The van der Waals surface area contributed by atoms with E-state index in [1.54, 1.807) is 4.90 Å². The SMILES string of the molecule is CCC(C)[C@H]1C(=O)N2CCC(=O)[C@H]2[C@]2(O)O[C@](N)(C(C)C)CN12.Cl. The first-order chi connectivity index (χ1) is 10.7. The summed E-state index contributed by atoms with van der Waals surface area (Å²) in [6, 6.07) is -1.49. The van der Waals surface area contributed by atoms with Crippen LogP contribution in [0, 0.1) is 11.8 Å². The number of piperazine rings is 1. The molecule has 3 heterocycles. The zero-order valence-corrected chi connectivity index (χ0v) is 15.5. The van der Waals surface area contributed by atoms with E-state index >= 15 is 0 Å². The number of hydrogen-bond acceptors (Lipinski definition) is 6. The molecule has 3 aliphatic heterocycles. The molecule has 0 saturated carbocycles. The third kappa shape index (κ3) is 2.49. The first kappa shape index (κ1) is 19.6. The number of carbonyl (C=O) groups excluding carboxylic acids is 2. The smallest absolute Gasteiger partial charge is 0.259 e. The Morgan fingerprint density at radius 2 is 2.00 bits per heavy atom. The van der Waals surface area contributed by atoms with Crippen molar-refractivity contribution in [3.05, 3.63) is 0 Å². The maximum absolute atomic E-state index is 12.9. The predicted octanol–water partition coefficient (Wildman–Crippen LogP) is 0.296. The molecule has 7 nitrogen and oxygen atoms in total. The lowest BCUT2D eigenvalue weighted by Gasteiger charge is -2.49. The van der Waals surface area contributed by atoms with Gasteiger partial charge in [-0.15, -0.1) is 12.4 Å². The first-order valence-corrected chi connectivity index (χ1v) is 8.47. The summed E-state index contributed by atoms with van der Waals surface area (Å²) < 4.78 is 5.90. The van der Waals surface area contributed by atoms with Crippen LogP contribution in [0.5, 0.6) is 0 Å². The Kier molecular flexibility index (Phi) is 5.07. The molecule has 3 fully saturated rings. The topological polar surface area (TPSA) is 96.1 Å². The van der Waals surface area contributed by atoms with E-state index in [1.165, 1.54) is 4.90 Å². The summed E-state index contributed by atoms with van der Waals surface area (Å²) in [6.07, 6.45) is 1.04. The molecule has 5 atom stereocenters. The number of nitrogens with zero attached hydrogens (tertiary/aromatic N) is 2. The molecular formula is C16H28ClN3O4. The summed E-state index contributed by atoms with van der Waals surface area (Å²) >= 11 is 0. The summed E-state index contributed by atoms with van der Waals surface area (Å²) in [5, 5.41) is 11.3. The highest BCUT2D eigenvalue weighted by Gasteiger charge is 2.68. The maximum Gasteiger partial charge on any atom is 0.259 e. The van der Waals surface area contributed by atoms with Crippen molar-refractivity contribution in [1.29, 1.82) is 0 Å². The van der Waals surface area contributed by atoms with Crippen LogP contribution in [0.25, 0.3) is 0 Å². The number of aliphatic hydroxyl groups is 1. The lowest BCUT2D eigenvalue weighted by atomic mass is 9.90. The second kappa shape index (κ2) is 6.21. The quantitative estimate of drug-likeness (QED) is 0.750. The highest BCUT2D eigenvalue weighted by molar-refractivity contribution is 5.96. The van der Waals surface area contributed by atoms with Gasteiger partial charge in [0.05, 0.1) is 6.04 Å². The molecule has 3 saturated heterocycles. The van der Waals surface area contributed by atoms with E-state index in [1.807, 2.05) is 27.7 Å². The van der Waals surface area contributed by atoms with Crippen molar-refractivity contribution in [1.82, 2.24) is 9.80 Å². The molecule has 138 valence electrons. The van der Waals surface area contributed by atoms with Gasteiger partial charge in [-0.25, -0.2) is 4.90 Å². The van der Waals surface area contributed by atoms with Crippen molar-refractivity contribution in [2.75, 3.05) is 13.1 Å². The standard InChI is InChI=1S/C16H27N3O4.ClH/c1-5-10(4)12-14(21)18-7-6-11(20)13(18)16(22)19(12)8-15(17,23-16)9(2)3;/h9-10,12-13,22H,5-8,17H2,1-4H3;1H/t10?,12-,13-,15-,16-;/m0./s1. The molecule has 3 N–H and O–H groups in total. The van der Waals surface area contributed by atoms with E-state index in [4.69, 9.17) is 10.5 Å². The van der Waals surface area contributed by atoms with Gasteiger partial charge in [-0.05, 0) is 11.8 Å². The summed E-state index contributed by atoms with van der Waals surface area (Å²) in [6.45, 7) is 8.39. The Morgan fingerprint density at radius 3 is 2.54 bits per heavy atom. The molecule has 3 aliphatic rings. The van der Waals surface area contributed by atoms with Crippen molar-refractivity contribution in [2.24, 2.45) is 17.6 Å². The summed E-state index contributed by atoms with van der Waals surface area (Å²) in [5.74, 6) is -2.12. The average molecular weight is 362 g/mol. The number of carbonyl (C=O) groups is 2. The second-order valence-corrected chi connectivity index (χ2v) is 7.48. The molecule has 0 aliphatic carbocycles. The molecular weight excluding hydrogens is 334 g/mol. The lowest BCUT2D eigenvalue weighted by Crippen LogP contribution is -2.72. The Labute approximate surface area is 148 Å². The van der Waals surface area contributed by atoms with E-state index in [2.05, 4.69) is 0 Å². The molecule has 0 spiro atoms. The van der Waals surface area contributed by atoms with Gasteiger partial charge in [0.1, 0.15) is 5.72 Å². The summed E-state index contributed by atoms with van der Waals surface area (Å²) in [5.41, 5.74) is 5.28. The maximum atomic E-state index is 12.9. The zero-order chi connectivity index (χ0) is 17.2. The van der Waals surface area contributed by atoms with Crippen LogP contribution in [-0.2, 0) is 14.3 Å². The van der Waals surface area contributed by atoms with Crippen molar-refractivity contribution >= 4 is 24.1 Å². The molecule has 1 unspecified atom stereocenters. The van der Waals surface area contributed by atoms with E-state index in [-0.39, 0.29) is 48.9 Å². The van der Waals surface area contributed by atoms with Gasteiger partial charge in [-0.3, -0.25) is 9.59 Å². The van der Waals surface area contributed by atoms with Gasteiger partial charge in [0.25, 0.3) is 5.91 Å². The van der Waals surface area contributed by atoms with E-state index < -0.39 is 23.7 Å². The van der Waals surface area contributed by atoms with Gasteiger partial charge in [0.2, 0.25) is 5.91 Å². The molecule has 24 heavy (non-hydrogen) atoms. The van der Waals surface area contributed by atoms with Crippen molar-refractivity contribution in [2.45, 2.75) is 64.3 Å². The fraction of sp³-hybridized carbons (Fsp3) is 0.875. The highest BCUT2D eigenvalue weighted by Crippen LogP contribution is 2.46. The Hall–Kier alpha value is -0.730. The lowest BCUT2D eigenvalue weighted by molar-refractivity contribution is -0.315. The normalized spacial score (nSPS) is 40.5. The minimum Gasteiger partial charge on any atom is -0.351 e. The van der Waals surface area contributed by atoms with Crippen LogP contribution in [0.2, 0.25) is 0 Å². The van der Waals surface area contributed by atoms with Crippen LogP contribution in [0.4, 0.5) is 0 Å². The van der Waals surface area contributed by atoms with Crippen LogP contribution in [0.15, 0.2) is 0 Å². The summed E-state index contributed by atoms with van der Waals surface area (Å²) in [7, 11) is 0. The summed E-state index contributed by atoms with van der Waals surface area (Å²) in [4.78, 5) is 28.4. The molecule has 0 aromatic carbocycles. The minimum atomic E-state index is -1.82. The predicted molar refractivity (Wildman–Crippen MR) is 90.1 cm³/mol. The zero-order valence-electron chi connectivity index (χ0n) is 14.7. The Balaban J connectivity index is 0.00000208. The Morgan fingerprint density at radius 1 is 1.38 bits per heavy atom. The van der Waals surface area contributed by atoms with Crippen molar-refractivity contribution in [3.8, 4) is 0 Å². The van der Waals surface area contributed by atoms with Gasteiger partial charge in [-0.2, -0.15) is 0 Å². The fourth-order valence-electron chi connectivity index (χ4n) is 3.96. The molecule has 3 rings (SSSR count). The van der Waals surface area contributed by atoms with Crippen molar-refractivity contribution in [3.63, 3.8) is 0 Å². The Bertz CT molecular complexity index is 545. The number of ketones is 1. The molecule has 0 aromatic heterocycles. The van der Waals surface area contributed by atoms with Crippen LogP contribution in [-0.4, -0.2) is 63.4 Å². The van der Waals surface area contributed by atoms with Crippen LogP contribution in [0.1, 0.15) is 40.5 Å². The van der Waals surface area contributed by atoms with E-state index in [9.17, 15) is 14.7 Å². The number of fused-ring (bicyclic) bond motifs is 3. The van der Waals surface area contributed by atoms with Gasteiger partial charge in [-0.1, -0.05) is 34.1 Å². The number of nitrogens with two attached hydrogens (primary N) is 1. The number of hydrogen-bond donors (Lipinski definition) is 2. The minimum absolute atomic E-state index is 0. The van der Waals surface area contributed by atoms with Gasteiger partial charge in [0.15, 0.2) is 11.8 Å². The monoisotopic (exact) mass is 361 g/mol. The highest BCUT2D eigenvalue weighted by atomic mass is 35.5. The number of halogens is 1. The molecule has 0 aromatic rings. The average Bonchev–Trinajstić information content (AvgIpc) is 2.99. The van der Waals surface area contributed by atoms with Crippen molar-refractivity contribution < 1.29 is 19.4 Å². The number of ether oxygens (including phenoxy) is 1. The van der Waals surface area contributed by atoms with Crippen LogP contribution >= 0.6 is 12.4 Å². The molecule has 0 bridgehead atoms. The van der Waals surface area contributed by atoms with Crippen LogP contribution < -0.4 is 5.73 Å². The van der Waals surface area contributed by atoms with E-state index in [0.29, 0.717) is 6.54 Å². The molecule has 8 heteroatoms. The van der Waals surface area contributed by atoms with Gasteiger partial charge in [0, 0.05) is 19.5 Å². The third-order valence-electron chi connectivity index (χ3n) is 5.77. The third-order valence-corrected chi connectivity index (χ3v) is 5.77. The number of rotatable bonds is 3.